The molecule has 1 unspecified atom stereocenters. The monoisotopic (exact) mass is 272 g/mol. The zero-order valence-electron chi connectivity index (χ0n) is 11.8. The third-order valence-electron chi connectivity index (χ3n) is 4.62. The van der Waals surface area contributed by atoms with E-state index < -0.39 is 5.54 Å². The molecule has 20 heavy (non-hydrogen) atoms. The summed E-state index contributed by atoms with van der Waals surface area (Å²) in [6.45, 7) is 1.99. The van der Waals surface area contributed by atoms with Crippen molar-refractivity contribution in [2.24, 2.45) is 0 Å². The predicted octanol–water partition coefficient (Wildman–Crippen LogP) is 1.80. The van der Waals surface area contributed by atoms with Gasteiger partial charge in [-0.3, -0.25) is 9.59 Å². The Hall–Kier alpha value is -1.84. The number of nitrogens with zero attached hydrogens (tertiary/aromatic N) is 1. The fraction of sp³-hybridized carbons (Fsp3) is 0.500. The predicted molar refractivity (Wildman–Crippen MR) is 75.9 cm³/mol. The zero-order chi connectivity index (χ0) is 14.2. The Balaban J connectivity index is 2.06. The summed E-state index contributed by atoms with van der Waals surface area (Å²) in [5.41, 5.74) is 0.00319. The number of rotatable bonds is 2. The molecule has 1 aromatic rings. The minimum Gasteiger partial charge on any atom is -0.345 e. The van der Waals surface area contributed by atoms with Crippen LogP contribution in [0.3, 0.4) is 0 Å². The second kappa shape index (κ2) is 4.93. The summed E-state index contributed by atoms with van der Waals surface area (Å²) in [6, 6.07) is 9.81. The maximum absolute atomic E-state index is 12.5. The van der Waals surface area contributed by atoms with Gasteiger partial charge in [-0.15, -0.1) is 0 Å². The minimum atomic E-state index is -0.883. The van der Waals surface area contributed by atoms with Crippen LogP contribution in [0.4, 0.5) is 0 Å². The van der Waals surface area contributed by atoms with E-state index in [1.54, 1.807) is 0 Å². The number of carbonyl (C=O) groups excluding carboxylic acids is 2. The molecule has 2 amide bonds. The van der Waals surface area contributed by atoms with Gasteiger partial charge in [0.05, 0.1) is 6.54 Å². The van der Waals surface area contributed by atoms with Crippen LogP contribution in [0.2, 0.25) is 0 Å². The maximum Gasteiger partial charge on any atom is 0.250 e. The quantitative estimate of drug-likeness (QED) is 0.892. The molecule has 2 fully saturated rings. The van der Waals surface area contributed by atoms with E-state index in [0.717, 1.165) is 31.2 Å². The van der Waals surface area contributed by atoms with Crippen LogP contribution in [0.15, 0.2) is 30.3 Å². The molecule has 4 nitrogen and oxygen atoms in total. The van der Waals surface area contributed by atoms with Crippen molar-refractivity contribution in [2.45, 2.75) is 44.2 Å². The number of nitrogens with one attached hydrogen (secondary N) is 1. The highest BCUT2D eigenvalue weighted by Crippen LogP contribution is 2.37. The third kappa shape index (κ3) is 1.90. The van der Waals surface area contributed by atoms with Crippen molar-refractivity contribution < 1.29 is 9.59 Å². The first-order valence-electron chi connectivity index (χ1n) is 7.30. The lowest BCUT2D eigenvalue weighted by Crippen LogP contribution is -2.66. The summed E-state index contributed by atoms with van der Waals surface area (Å²) < 4.78 is 0. The van der Waals surface area contributed by atoms with Crippen LogP contribution in [0.25, 0.3) is 0 Å². The van der Waals surface area contributed by atoms with Crippen molar-refractivity contribution in [1.82, 2.24) is 10.2 Å². The number of piperazine rings is 1. The lowest BCUT2D eigenvalue weighted by atomic mass is 9.85. The number of hydrogen-bond acceptors (Lipinski definition) is 2. The molecule has 2 aliphatic rings. The summed E-state index contributed by atoms with van der Waals surface area (Å²) in [7, 11) is 0. The van der Waals surface area contributed by atoms with Crippen LogP contribution in [0, 0.1) is 0 Å². The molecule has 106 valence electrons. The van der Waals surface area contributed by atoms with Gasteiger partial charge >= 0.3 is 0 Å². The highest BCUT2D eigenvalue weighted by atomic mass is 16.2. The third-order valence-corrected chi connectivity index (χ3v) is 4.62. The summed E-state index contributed by atoms with van der Waals surface area (Å²) in [6.07, 6.45) is 4.28. The summed E-state index contributed by atoms with van der Waals surface area (Å²) in [5, 5.41) is 2.74. The Kier molecular flexibility index (Phi) is 3.24. The van der Waals surface area contributed by atoms with Gasteiger partial charge in [-0.2, -0.15) is 0 Å². The van der Waals surface area contributed by atoms with Crippen LogP contribution in [-0.4, -0.2) is 29.3 Å². The van der Waals surface area contributed by atoms with Gasteiger partial charge in [0, 0.05) is 6.04 Å². The average Bonchev–Trinajstić information content (AvgIpc) is 2.98. The maximum atomic E-state index is 12.5. The molecular weight excluding hydrogens is 252 g/mol. The van der Waals surface area contributed by atoms with Gasteiger partial charge in [0.15, 0.2) is 0 Å². The van der Waals surface area contributed by atoms with E-state index in [2.05, 4.69) is 5.32 Å². The number of hydrogen-bond donors (Lipinski definition) is 1. The van der Waals surface area contributed by atoms with Crippen molar-refractivity contribution in [2.75, 3.05) is 6.54 Å². The van der Waals surface area contributed by atoms with E-state index in [0.29, 0.717) is 0 Å². The number of amides is 2. The number of benzene rings is 1. The highest BCUT2D eigenvalue weighted by Gasteiger charge is 2.49. The van der Waals surface area contributed by atoms with Crippen molar-refractivity contribution in [3.05, 3.63) is 35.9 Å². The Morgan fingerprint density at radius 3 is 2.45 bits per heavy atom. The Morgan fingerprint density at radius 2 is 1.80 bits per heavy atom. The minimum absolute atomic E-state index is 0.0304. The van der Waals surface area contributed by atoms with Crippen molar-refractivity contribution in [1.29, 1.82) is 0 Å². The van der Waals surface area contributed by atoms with E-state index in [1.807, 2.05) is 42.2 Å². The van der Waals surface area contributed by atoms with Gasteiger partial charge in [0.1, 0.15) is 5.54 Å². The normalized spacial score (nSPS) is 27.8. The first kappa shape index (κ1) is 13.2. The topological polar surface area (TPSA) is 49.4 Å². The first-order valence-corrected chi connectivity index (χ1v) is 7.30. The van der Waals surface area contributed by atoms with Gasteiger partial charge in [-0.1, -0.05) is 43.2 Å². The second-order valence-electron chi connectivity index (χ2n) is 5.82. The van der Waals surface area contributed by atoms with Crippen LogP contribution in [0.1, 0.15) is 38.2 Å². The standard InChI is InChI=1S/C16H20N2O2/c1-16(12-7-3-2-4-8-12)15(20)17-11-14(19)18(16)13-9-5-6-10-13/h2-4,7-8,13H,5-6,9-11H2,1H3,(H,17,20). The van der Waals surface area contributed by atoms with Crippen LogP contribution in [-0.2, 0) is 15.1 Å². The van der Waals surface area contributed by atoms with Crippen LogP contribution >= 0.6 is 0 Å². The fourth-order valence-corrected chi connectivity index (χ4v) is 3.54. The molecule has 1 heterocycles. The first-order chi connectivity index (χ1) is 9.64. The number of carbonyl (C=O) groups is 2. The van der Waals surface area contributed by atoms with Gasteiger partial charge in [-0.05, 0) is 25.3 Å². The summed E-state index contributed by atoms with van der Waals surface area (Å²) in [4.78, 5) is 26.8. The Bertz CT molecular complexity index is 523. The molecular formula is C16H20N2O2. The molecule has 3 rings (SSSR count). The van der Waals surface area contributed by atoms with Gasteiger partial charge < -0.3 is 10.2 Å². The van der Waals surface area contributed by atoms with Gasteiger partial charge in [0.25, 0.3) is 5.91 Å². The average molecular weight is 272 g/mol. The SMILES string of the molecule is CC1(c2ccccc2)C(=O)NCC(=O)N1C1CCCC1. The summed E-state index contributed by atoms with van der Waals surface area (Å²) >= 11 is 0. The van der Waals surface area contributed by atoms with Crippen molar-refractivity contribution in [3.8, 4) is 0 Å². The van der Waals surface area contributed by atoms with E-state index in [4.69, 9.17) is 0 Å². The summed E-state index contributed by atoms with van der Waals surface area (Å²) in [5.74, 6) is -0.0435. The molecule has 0 aromatic heterocycles. The lowest BCUT2D eigenvalue weighted by Gasteiger charge is -2.47. The Morgan fingerprint density at radius 1 is 1.15 bits per heavy atom. The van der Waals surface area contributed by atoms with Gasteiger partial charge in [-0.25, -0.2) is 0 Å². The highest BCUT2D eigenvalue weighted by molar-refractivity contribution is 5.98. The molecule has 1 saturated carbocycles. The van der Waals surface area contributed by atoms with E-state index in [-0.39, 0.29) is 24.4 Å². The molecule has 1 aromatic carbocycles. The Labute approximate surface area is 119 Å². The fourth-order valence-electron chi connectivity index (χ4n) is 3.54. The molecule has 1 N–H and O–H groups in total. The largest absolute Gasteiger partial charge is 0.345 e. The lowest BCUT2D eigenvalue weighted by molar-refractivity contribution is -0.156. The van der Waals surface area contributed by atoms with Crippen LogP contribution < -0.4 is 5.32 Å². The van der Waals surface area contributed by atoms with Crippen molar-refractivity contribution in [3.63, 3.8) is 0 Å². The second-order valence-corrected chi connectivity index (χ2v) is 5.82. The van der Waals surface area contributed by atoms with E-state index in [1.165, 1.54) is 0 Å². The molecule has 0 spiro atoms. The van der Waals surface area contributed by atoms with Gasteiger partial charge in [0.2, 0.25) is 5.91 Å². The molecule has 1 aliphatic heterocycles. The smallest absolute Gasteiger partial charge is 0.250 e. The van der Waals surface area contributed by atoms with Crippen LogP contribution in [0.5, 0.6) is 0 Å². The molecule has 1 saturated heterocycles. The van der Waals surface area contributed by atoms with E-state index in [9.17, 15) is 9.59 Å². The zero-order valence-corrected chi connectivity index (χ0v) is 11.8. The van der Waals surface area contributed by atoms with E-state index >= 15 is 0 Å². The molecule has 0 bridgehead atoms. The molecule has 1 aliphatic carbocycles. The molecule has 0 radical (unpaired) electrons. The molecule has 1 atom stereocenters. The molecule has 4 heteroatoms. The van der Waals surface area contributed by atoms with Crippen molar-refractivity contribution >= 4 is 11.8 Å².